The van der Waals surface area contributed by atoms with E-state index in [1.54, 1.807) is 36.9 Å². The first-order valence-corrected chi connectivity index (χ1v) is 9.72. The molecule has 2 aromatic rings. The molecule has 1 unspecified atom stereocenters. The molecular weight excluding hydrogens is 359 g/mol. The summed E-state index contributed by atoms with van der Waals surface area (Å²) in [7, 11) is 0. The number of carbonyl (C=O) groups is 1. The summed E-state index contributed by atoms with van der Waals surface area (Å²) >= 11 is 0. The molecule has 2 N–H and O–H groups in total. The third kappa shape index (κ3) is 4.41. The lowest BCUT2D eigenvalue weighted by atomic mass is 9.76. The van der Waals surface area contributed by atoms with Crippen molar-refractivity contribution < 1.29 is 13.9 Å². The van der Waals surface area contributed by atoms with Gasteiger partial charge in [0.25, 0.3) is 0 Å². The topological polar surface area (TPSA) is 83.0 Å². The average molecular weight is 388 g/mol. The van der Waals surface area contributed by atoms with Crippen LogP contribution in [0.2, 0.25) is 0 Å². The van der Waals surface area contributed by atoms with Crippen molar-refractivity contribution in [2.75, 3.05) is 0 Å². The Bertz CT molecular complexity index is 868. The molecular formula is C21H29FN4O2. The van der Waals surface area contributed by atoms with Gasteiger partial charge in [-0.15, -0.1) is 5.10 Å². The Morgan fingerprint density at radius 2 is 2.04 bits per heavy atom. The van der Waals surface area contributed by atoms with E-state index in [0.717, 1.165) is 12.8 Å². The lowest BCUT2D eigenvalue weighted by molar-refractivity contribution is -0.156. The number of hydrogen-bond donors (Lipinski definition) is 1. The summed E-state index contributed by atoms with van der Waals surface area (Å²) in [5.41, 5.74) is 6.04. The van der Waals surface area contributed by atoms with Crippen molar-refractivity contribution in [2.24, 2.45) is 11.1 Å². The Morgan fingerprint density at radius 3 is 2.57 bits per heavy atom. The minimum Gasteiger partial charge on any atom is -0.461 e. The highest BCUT2D eigenvalue weighted by molar-refractivity contribution is 5.83. The van der Waals surface area contributed by atoms with E-state index >= 15 is 0 Å². The fraction of sp³-hybridized carbons (Fsp3) is 0.571. The van der Waals surface area contributed by atoms with Gasteiger partial charge in [-0.3, -0.25) is 0 Å². The molecule has 1 atom stereocenters. The number of aromatic nitrogens is 3. The second-order valence-corrected chi connectivity index (χ2v) is 9.17. The van der Waals surface area contributed by atoms with Crippen LogP contribution in [0.15, 0.2) is 24.4 Å². The van der Waals surface area contributed by atoms with Gasteiger partial charge in [-0.05, 0) is 56.2 Å². The van der Waals surface area contributed by atoms with Crippen LogP contribution in [0.3, 0.4) is 0 Å². The molecule has 1 aromatic heterocycles. The molecule has 28 heavy (non-hydrogen) atoms. The fourth-order valence-electron chi connectivity index (χ4n) is 3.37. The Labute approximate surface area is 165 Å². The molecule has 1 fully saturated rings. The van der Waals surface area contributed by atoms with E-state index in [1.807, 2.05) is 20.8 Å². The summed E-state index contributed by atoms with van der Waals surface area (Å²) in [5.74, 6) is -1.04. The van der Waals surface area contributed by atoms with Crippen molar-refractivity contribution in [3.63, 3.8) is 0 Å². The number of nitrogens with zero attached hydrogens (tertiary/aromatic N) is 3. The van der Waals surface area contributed by atoms with Crippen LogP contribution in [0.1, 0.15) is 65.5 Å². The highest BCUT2D eigenvalue weighted by Crippen LogP contribution is 2.37. The quantitative estimate of drug-likeness (QED) is 0.757. The van der Waals surface area contributed by atoms with Gasteiger partial charge < -0.3 is 10.5 Å². The zero-order valence-electron chi connectivity index (χ0n) is 17.2. The summed E-state index contributed by atoms with van der Waals surface area (Å²) in [6.45, 7) is 9.49. The summed E-state index contributed by atoms with van der Waals surface area (Å²) < 4.78 is 22.1. The van der Waals surface area contributed by atoms with Crippen molar-refractivity contribution >= 4 is 5.97 Å². The lowest BCUT2D eigenvalue weighted by Crippen LogP contribution is -2.49. The molecule has 152 valence electrons. The molecule has 0 radical (unpaired) electrons. The Balaban J connectivity index is 1.95. The standard InChI is InChI=1S/C21H29FN4O2/c1-13(2)28-19(27)21(23,12-20(3,4)5)14-6-9-16(17(22)10-14)18-11-26(25-24-18)15-7-8-15/h6,9-11,13,15H,7-8,12,23H2,1-5H3. The Kier molecular flexibility index (Phi) is 5.32. The molecule has 0 spiro atoms. The van der Waals surface area contributed by atoms with Crippen LogP contribution >= 0.6 is 0 Å². The normalized spacial score (nSPS) is 16.9. The maximum absolute atomic E-state index is 15.0. The van der Waals surface area contributed by atoms with Gasteiger partial charge in [-0.1, -0.05) is 32.1 Å². The number of hydrogen-bond acceptors (Lipinski definition) is 5. The maximum Gasteiger partial charge on any atom is 0.331 e. The zero-order valence-corrected chi connectivity index (χ0v) is 17.2. The van der Waals surface area contributed by atoms with Crippen molar-refractivity contribution in [1.82, 2.24) is 15.0 Å². The predicted molar refractivity (Wildman–Crippen MR) is 105 cm³/mol. The van der Waals surface area contributed by atoms with Crippen LogP contribution in [-0.2, 0) is 15.1 Å². The maximum atomic E-state index is 15.0. The third-order valence-corrected chi connectivity index (χ3v) is 4.71. The Morgan fingerprint density at radius 1 is 1.36 bits per heavy atom. The van der Waals surface area contributed by atoms with Gasteiger partial charge in [0.05, 0.1) is 18.3 Å². The van der Waals surface area contributed by atoms with Gasteiger partial charge in [0.15, 0.2) is 0 Å². The second-order valence-electron chi connectivity index (χ2n) is 9.17. The number of esters is 1. The molecule has 1 aromatic carbocycles. The van der Waals surface area contributed by atoms with Crippen LogP contribution in [0.4, 0.5) is 4.39 Å². The molecule has 1 aliphatic carbocycles. The number of halogens is 1. The Hall–Kier alpha value is -2.28. The minimum absolute atomic E-state index is 0.257. The first-order valence-electron chi connectivity index (χ1n) is 9.72. The molecule has 0 aliphatic heterocycles. The highest BCUT2D eigenvalue weighted by Gasteiger charge is 2.42. The summed E-state index contributed by atoms with van der Waals surface area (Å²) in [4.78, 5) is 12.8. The van der Waals surface area contributed by atoms with Crippen LogP contribution < -0.4 is 5.73 Å². The van der Waals surface area contributed by atoms with Gasteiger partial charge in [0, 0.05) is 5.56 Å². The predicted octanol–water partition coefficient (Wildman–Crippen LogP) is 3.96. The summed E-state index contributed by atoms with van der Waals surface area (Å²) in [5, 5.41) is 8.16. The summed E-state index contributed by atoms with van der Waals surface area (Å²) in [6.07, 6.45) is 3.92. The molecule has 6 nitrogen and oxygen atoms in total. The molecule has 1 heterocycles. The van der Waals surface area contributed by atoms with Crippen molar-refractivity contribution in [3.8, 4) is 11.3 Å². The molecule has 0 saturated heterocycles. The number of nitrogens with two attached hydrogens (primary N) is 1. The van der Waals surface area contributed by atoms with E-state index < -0.39 is 17.3 Å². The van der Waals surface area contributed by atoms with Crippen molar-refractivity contribution in [2.45, 2.75) is 71.6 Å². The van der Waals surface area contributed by atoms with Gasteiger partial charge >= 0.3 is 5.97 Å². The number of ether oxygens (including phenoxy) is 1. The minimum atomic E-state index is -1.44. The zero-order chi connectivity index (χ0) is 20.7. The van der Waals surface area contributed by atoms with E-state index in [4.69, 9.17) is 10.5 Å². The first-order chi connectivity index (χ1) is 13.0. The fourth-order valence-corrected chi connectivity index (χ4v) is 3.37. The average Bonchev–Trinajstić information content (AvgIpc) is 3.30. The van der Waals surface area contributed by atoms with Crippen molar-refractivity contribution in [1.29, 1.82) is 0 Å². The van der Waals surface area contributed by atoms with Crippen LogP contribution in [0.5, 0.6) is 0 Å². The molecule has 3 rings (SSSR count). The van der Waals surface area contributed by atoms with E-state index in [2.05, 4.69) is 10.3 Å². The number of benzene rings is 1. The number of rotatable bonds is 6. The monoisotopic (exact) mass is 388 g/mol. The van der Waals surface area contributed by atoms with Crippen LogP contribution in [0.25, 0.3) is 11.3 Å². The second kappa shape index (κ2) is 7.28. The molecule has 0 bridgehead atoms. The van der Waals surface area contributed by atoms with Gasteiger partial charge in [0.1, 0.15) is 17.1 Å². The van der Waals surface area contributed by atoms with Crippen molar-refractivity contribution in [3.05, 3.63) is 35.8 Å². The van der Waals surface area contributed by atoms with Gasteiger partial charge in [-0.25, -0.2) is 13.9 Å². The molecule has 1 aliphatic rings. The van der Waals surface area contributed by atoms with E-state index in [1.165, 1.54) is 6.07 Å². The molecule has 0 amide bonds. The lowest BCUT2D eigenvalue weighted by Gasteiger charge is -2.34. The smallest absolute Gasteiger partial charge is 0.331 e. The van der Waals surface area contributed by atoms with Gasteiger partial charge in [0.2, 0.25) is 0 Å². The third-order valence-electron chi connectivity index (χ3n) is 4.71. The van der Waals surface area contributed by atoms with Crippen LogP contribution in [0, 0.1) is 11.2 Å². The number of carbonyl (C=O) groups excluding carboxylic acids is 1. The van der Waals surface area contributed by atoms with E-state index in [-0.39, 0.29) is 11.5 Å². The summed E-state index contributed by atoms with van der Waals surface area (Å²) in [6, 6.07) is 4.98. The first kappa shape index (κ1) is 20.5. The van der Waals surface area contributed by atoms with E-state index in [0.29, 0.717) is 29.3 Å². The largest absolute Gasteiger partial charge is 0.461 e. The highest BCUT2D eigenvalue weighted by atomic mass is 19.1. The SMILES string of the molecule is CC(C)OC(=O)C(N)(CC(C)(C)C)c1ccc(-c2cn(C3CC3)nn2)c(F)c1. The molecule has 1 saturated carbocycles. The van der Waals surface area contributed by atoms with E-state index in [9.17, 15) is 9.18 Å². The molecule has 7 heteroatoms. The van der Waals surface area contributed by atoms with Gasteiger partial charge in [-0.2, -0.15) is 0 Å². The van der Waals surface area contributed by atoms with Crippen LogP contribution in [-0.4, -0.2) is 27.1 Å².